The molecule has 3 heterocycles. The number of benzene rings is 8. The van der Waals surface area contributed by atoms with E-state index in [1.807, 2.05) is 0 Å². The van der Waals surface area contributed by atoms with Crippen molar-refractivity contribution in [1.29, 1.82) is 0 Å². The molecule has 0 spiro atoms. The number of para-hydroxylation sites is 4. The quantitative estimate of drug-likeness (QED) is 0.192. The predicted octanol–water partition coefficient (Wildman–Crippen LogP) is 12.6. The lowest BCUT2D eigenvalue weighted by Gasteiger charge is -2.13. The Morgan fingerprint density at radius 2 is 0.959 bits per heavy atom. The van der Waals surface area contributed by atoms with Crippen LogP contribution >= 0.6 is 0 Å². The maximum atomic E-state index is 6.93. The molecule has 49 heavy (non-hydrogen) atoms. The fourth-order valence-corrected chi connectivity index (χ4v) is 8.29. The number of fused-ring (bicyclic) bond motifs is 14. The molecule has 0 amide bonds. The first-order valence-corrected chi connectivity index (χ1v) is 16.8. The third-order valence-corrected chi connectivity index (χ3v) is 10.3. The maximum Gasteiger partial charge on any atom is 0.146 e. The van der Waals surface area contributed by atoms with Crippen LogP contribution in [0.5, 0.6) is 0 Å². The third kappa shape index (κ3) is 3.62. The van der Waals surface area contributed by atoms with Gasteiger partial charge in [0.05, 0.1) is 27.5 Å². The Hall–Kier alpha value is -6.58. The van der Waals surface area contributed by atoms with Crippen LogP contribution in [0.4, 0.5) is 0 Å². The van der Waals surface area contributed by atoms with E-state index in [0.29, 0.717) is 0 Å². The van der Waals surface area contributed by atoms with Gasteiger partial charge in [0.2, 0.25) is 0 Å². The molecule has 0 N–H and O–H groups in total. The van der Waals surface area contributed by atoms with Crippen LogP contribution < -0.4 is 0 Å². The van der Waals surface area contributed by atoms with Crippen LogP contribution in [0.25, 0.3) is 98.8 Å². The molecule has 0 saturated carbocycles. The monoisotopic (exact) mass is 624 g/mol. The Morgan fingerprint density at radius 1 is 0.347 bits per heavy atom. The van der Waals surface area contributed by atoms with Gasteiger partial charge in [-0.1, -0.05) is 121 Å². The molecule has 0 aliphatic heterocycles. The van der Waals surface area contributed by atoms with Gasteiger partial charge in [-0.3, -0.25) is 0 Å². The van der Waals surface area contributed by atoms with E-state index < -0.39 is 0 Å². The van der Waals surface area contributed by atoms with Crippen LogP contribution in [0.15, 0.2) is 174 Å². The van der Waals surface area contributed by atoms with Crippen molar-refractivity contribution in [2.24, 2.45) is 0 Å². The minimum atomic E-state index is 0.902. The van der Waals surface area contributed by atoms with Crippen LogP contribution in [0.2, 0.25) is 0 Å². The number of rotatable bonds is 3. The first kappa shape index (κ1) is 26.5. The number of hydrogen-bond acceptors (Lipinski definition) is 1. The molecule has 0 aliphatic carbocycles. The minimum absolute atomic E-state index is 0.902. The molecule has 3 heteroatoms. The van der Waals surface area contributed by atoms with E-state index in [4.69, 9.17) is 4.42 Å². The molecule has 0 radical (unpaired) electrons. The minimum Gasteiger partial charge on any atom is -0.455 e. The second-order valence-electron chi connectivity index (χ2n) is 12.9. The topological polar surface area (TPSA) is 23.0 Å². The largest absolute Gasteiger partial charge is 0.455 e. The van der Waals surface area contributed by atoms with Crippen molar-refractivity contribution >= 4 is 76.3 Å². The van der Waals surface area contributed by atoms with E-state index in [9.17, 15) is 0 Å². The summed E-state index contributed by atoms with van der Waals surface area (Å²) in [5, 5.41) is 9.53. The second kappa shape index (κ2) is 9.96. The van der Waals surface area contributed by atoms with Gasteiger partial charge in [-0.2, -0.15) is 0 Å². The zero-order valence-electron chi connectivity index (χ0n) is 26.5. The second-order valence-corrected chi connectivity index (χ2v) is 12.9. The molecule has 228 valence electrons. The van der Waals surface area contributed by atoms with Gasteiger partial charge >= 0.3 is 0 Å². The molecule has 0 fully saturated rings. The van der Waals surface area contributed by atoms with Gasteiger partial charge in [0.15, 0.2) is 0 Å². The summed E-state index contributed by atoms with van der Waals surface area (Å²) in [6.45, 7) is 0. The van der Waals surface area contributed by atoms with Crippen LogP contribution in [-0.4, -0.2) is 9.13 Å². The fraction of sp³-hybridized carbons (Fsp3) is 0. The fourth-order valence-electron chi connectivity index (χ4n) is 8.29. The van der Waals surface area contributed by atoms with Gasteiger partial charge in [-0.05, 0) is 59.7 Å². The normalized spacial score (nSPS) is 12.1. The van der Waals surface area contributed by atoms with Crippen molar-refractivity contribution in [2.75, 3.05) is 0 Å². The Morgan fingerprint density at radius 3 is 1.76 bits per heavy atom. The lowest BCUT2D eigenvalue weighted by molar-refractivity contribution is 0.673. The molecular formula is C46H28N2O. The molecule has 11 aromatic rings. The Kier molecular flexibility index (Phi) is 5.38. The third-order valence-electron chi connectivity index (χ3n) is 10.3. The Labute approximate surface area is 281 Å². The summed E-state index contributed by atoms with van der Waals surface area (Å²) < 4.78 is 11.8. The maximum absolute atomic E-state index is 6.93. The van der Waals surface area contributed by atoms with E-state index in [-0.39, 0.29) is 0 Å². The molecule has 0 saturated heterocycles. The van der Waals surface area contributed by atoms with E-state index in [0.717, 1.165) is 33.3 Å². The summed E-state index contributed by atoms with van der Waals surface area (Å²) in [7, 11) is 0. The van der Waals surface area contributed by atoms with E-state index in [2.05, 4.69) is 179 Å². The van der Waals surface area contributed by atoms with Crippen LogP contribution in [0, 0.1) is 0 Å². The van der Waals surface area contributed by atoms with Crippen LogP contribution in [0.3, 0.4) is 0 Å². The summed E-state index contributed by atoms with van der Waals surface area (Å²) in [4.78, 5) is 0. The SMILES string of the molecule is c1ccc(-c2cccc(-n3c4ccccc4c4c5c(ccc43)c3c(c4ccccc4n3-c3ccccc3)c3oc4ccccc4c35)c2)cc1. The molecular weight excluding hydrogens is 597 g/mol. The average Bonchev–Trinajstić information content (AvgIpc) is 3.84. The summed E-state index contributed by atoms with van der Waals surface area (Å²) in [5.74, 6) is 0. The molecule has 0 unspecified atom stereocenters. The Bertz CT molecular complexity index is 3090. The van der Waals surface area contributed by atoms with Crippen LogP contribution in [0.1, 0.15) is 0 Å². The Balaban J connectivity index is 1.38. The van der Waals surface area contributed by atoms with E-state index in [1.165, 1.54) is 65.5 Å². The lowest BCUT2D eigenvalue weighted by atomic mass is 9.95. The van der Waals surface area contributed by atoms with E-state index in [1.54, 1.807) is 0 Å². The van der Waals surface area contributed by atoms with Gasteiger partial charge < -0.3 is 13.6 Å². The zero-order chi connectivity index (χ0) is 32.1. The summed E-state index contributed by atoms with van der Waals surface area (Å²) in [5.41, 5.74) is 11.2. The van der Waals surface area contributed by atoms with Gasteiger partial charge in [0.1, 0.15) is 11.2 Å². The van der Waals surface area contributed by atoms with Gasteiger partial charge in [0.25, 0.3) is 0 Å². The average molecular weight is 625 g/mol. The standard InChI is InChI=1S/C46H28N2O/c1-3-14-29(15-4-1)30-16-13-19-32(28-30)47-37-23-10-7-20-33(37)41-39(47)27-26-36-42(41)43-35-22-9-12-25-40(35)49-46(43)44-34-21-8-11-24-38(34)48(45(36)44)31-17-5-2-6-18-31/h1-28H. The number of hydrogen-bond donors (Lipinski definition) is 0. The van der Waals surface area contributed by atoms with Crippen molar-refractivity contribution in [3.63, 3.8) is 0 Å². The lowest BCUT2D eigenvalue weighted by Crippen LogP contribution is -1.95. The van der Waals surface area contributed by atoms with Gasteiger partial charge in [0, 0.05) is 49.1 Å². The van der Waals surface area contributed by atoms with Gasteiger partial charge in [-0.15, -0.1) is 0 Å². The smallest absolute Gasteiger partial charge is 0.146 e. The molecule has 8 aromatic carbocycles. The van der Waals surface area contributed by atoms with Gasteiger partial charge in [-0.25, -0.2) is 0 Å². The summed E-state index contributed by atoms with van der Waals surface area (Å²) >= 11 is 0. The molecule has 0 bridgehead atoms. The number of furan rings is 1. The van der Waals surface area contributed by atoms with Crippen LogP contribution in [-0.2, 0) is 0 Å². The van der Waals surface area contributed by atoms with Crippen molar-refractivity contribution < 1.29 is 4.42 Å². The van der Waals surface area contributed by atoms with Crippen molar-refractivity contribution in [3.05, 3.63) is 170 Å². The van der Waals surface area contributed by atoms with Crippen molar-refractivity contribution in [1.82, 2.24) is 9.13 Å². The first-order valence-electron chi connectivity index (χ1n) is 16.8. The highest BCUT2D eigenvalue weighted by Gasteiger charge is 2.26. The van der Waals surface area contributed by atoms with E-state index >= 15 is 0 Å². The van der Waals surface area contributed by atoms with Crippen molar-refractivity contribution in [2.45, 2.75) is 0 Å². The molecule has 3 aromatic heterocycles. The molecule has 0 atom stereocenters. The predicted molar refractivity (Wildman–Crippen MR) is 205 cm³/mol. The first-order chi connectivity index (χ1) is 24.3. The zero-order valence-corrected chi connectivity index (χ0v) is 26.5. The highest BCUT2D eigenvalue weighted by Crippen LogP contribution is 2.49. The molecule has 3 nitrogen and oxygen atoms in total. The summed E-state index contributed by atoms with van der Waals surface area (Å²) in [6, 6.07) is 61.0. The number of aromatic nitrogens is 2. The van der Waals surface area contributed by atoms with Crippen molar-refractivity contribution in [3.8, 4) is 22.5 Å². The molecule has 0 aliphatic rings. The highest BCUT2D eigenvalue weighted by molar-refractivity contribution is 6.41. The number of nitrogens with zero attached hydrogens (tertiary/aromatic N) is 2. The molecule has 11 rings (SSSR count). The summed E-state index contributed by atoms with van der Waals surface area (Å²) in [6.07, 6.45) is 0. The highest BCUT2D eigenvalue weighted by atomic mass is 16.3.